The van der Waals surface area contributed by atoms with Crippen LogP contribution in [0.3, 0.4) is 0 Å². The molecule has 4 rings (SSSR count). The van der Waals surface area contributed by atoms with Crippen LogP contribution in [0.5, 0.6) is 5.75 Å². The van der Waals surface area contributed by atoms with Crippen molar-refractivity contribution in [3.05, 3.63) is 33.6 Å². The fraction of sp³-hybridized carbons (Fsp3) is 0.421. The largest absolute Gasteiger partial charge is 0.493 e. The summed E-state index contributed by atoms with van der Waals surface area (Å²) in [7, 11) is 0. The van der Waals surface area contributed by atoms with Gasteiger partial charge in [-0.2, -0.15) is 0 Å². The number of aromatic nitrogens is 1. The summed E-state index contributed by atoms with van der Waals surface area (Å²) in [4.78, 5) is 10.3. The molecule has 1 fully saturated rings. The van der Waals surface area contributed by atoms with Gasteiger partial charge in [0.05, 0.1) is 12.3 Å². The molecule has 0 bridgehead atoms. The number of hydrogen-bond acceptors (Lipinski definition) is 5. The molecule has 3 N–H and O–H groups in total. The highest BCUT2D eigenvalue weighted by molar-refractivity contribution is 7.14. The molecule has 2 aliphatic rings. The van der Waals surface area contributed by atoms with Crippen molar-refractivity contribution < 1.29 is 4.74 Å². The maximum Gasteiger partial charge on any atom is 0.164 e. The third-order valence-corrected chi connectivity index (χ3v) is 5.74. The molecular formula is C19H23N5OS. The van der Waals surface area contributed by atoms with E-state index in [2.05, 4.69) is 47.7 Å². The zero-order valence-electron chi connectivity index (χ0n) is 15.0. The van der Waals surface area contributed by atoms with Gasteiger partial charge in [-0.3, -0.25) is 5.41 Å². The second kappa shape index (κ2) is 7.17. The zero-order chi connectivity index (χ0) is 18.1. The predicted octanol–water partition coefficient (Wildman–Crippen LogP) is 2.78. The van der Waals surface area contributed by atoms with Gasteiger partial charge < -0.3 is 15.4 Å². The van der Waals surface area contributed by atoms with Gasteiger partial charge in [0.2, 0.25) is 0 Å². The Hall–Kier alpha value is -2.25. The molecule has 1 aromatic heterocycles. The minimum absolute atomic E-state index is 0.228. The highest BCUT2D eigenvalue weighted by Crippen LogP contribution is 2.39. The molecule has 136 valence electrons. The van der Waals surface area contributed by atoms with Gasteiger partial charge in [-0.1, -0.05) is 6.07 Å². The van der Waals surface area contributed by atoms with Crippen molar-refractivity contribution >= 4 is 23.5 Å². The number of nitrogens with one attached hydrogen (secondary N) is 3. The fourth-order valence-corrected chi connectivity index (χ4v) is 4.23. The summed E-state index contributed by atoms with van der Waals surface area (Å²) in [6, 6.07) is 6.71. The maximum absolute atomic E-state index is 7.34. The SMILES string of the molecule is CC(C)N/C(=N\C=N)c1nc2c(s1)CCOc1ccc(C3CNC3)cc1-2. The van der Waals surface area contributed by atoms with Crippen molar-refractivity contribution in [2.75, 3.05) is 19.7 Å². The predicted molar refractivity (Wildman–Crippen MR) is 106 cm³/mol. The first-order chi connectivity index (χ1) is 12.7. The Morgan fingerprint density at radius 1 is 1.46 bits per heavy atom. The normalized spacial score (nSPS) is 17.0. The summed E-state index contributed by atoms with van der Waals surface area (Å²) in [5, 5.41) is 14.8. The van der Waals surface area contributed by atoms with Gasteiger partial charge in [0, 0.05) is 41.9 Å². The Balaban J connectivity index is 1.76. The lowest BCUT2D eigenvalue weighted by Gasteiger charge is -2.28. The first-order valence-corrected chi connectivity index (χ1v) is 9.78. The van der Waals surface area contributed by atoms with Crippen LogP contribution in [0.1, 0.15) is 35.2 Å². The summed E-state index contributed by atoms with van der Waals surface area (Å²) >= 11 is 1.64. The molecule has 0 amide bonds. The second-order valence-corrected chi connectivity index (χ2v) is 7.99. The van der Waals surface area contributed by atoms with E-state index in [1.165, 1.54) is 10.4 Å². The average Bonchev–Trinajstić information content (AvgIpc) is 2.90. The third kappa shape index (κ3) is 3.24. The lowest BCUT2D eigenvalue weighted by atomic mass is 9.91. The zero-order valence-corrected chi connectivity index (χ0v) is 15.8. The minimum atomic E-state index is 0.228. The highest BCUT2D eigenvalue weighted by Gasteiger charge is 2.25. The second-order valence-electron chi connectivity index (χ2n) is 6.91. The summed E-state index contributed by atoms with van der Waals surface area (Å²) < 4.78 is 5.96. The molecule has 0 atom stereocenters. The quantitative estimate of drug-likeness (QED) is 0.572. The lowest BCUT2D eigenvalue weighted by molar-refractivity contribution is 0.327. The summed E-state index contributed by atoms with van der Waals surface area (Å²) in [6.07, 6.45) is 1.90. The van der Waals surface area contributed by atoms with Crippen molar-refractivity contribution in [2.45, 2.75) is 32.2 Å². The topological polar surface area (TPSA) is 82.4 Å². The molecular weight excluding hydrogens is 346 g/mol. The van der Waals surface area contributed by atoms with Crippen molar-refractivity contribution in [2.24, 2.45) is 4.99 Å². The Morgan fingerprint density at radius 2 is 2.31 bits per heavy atom. The molecule has 1 saturated heterocycles. The smallest absolute Gasteiger partial charge is 0.164 e. The van der Waals surface area contributed by atoms with Gasteiger partial charge in [0.25, 0.3) is 0 Å². The number of fused-ring (bicyclic) bond motifs is 3. The number of amidine groups is 1. The van der Waals surface area contributed by atoms with Crippen LogP contribution in [0.4, 0.5) is 0 Å². The van der Waals surface area contributed by atoms with Crippen LogP contribution in [0.25, 0.3) is 11.3 Å². The molecule has 1 aromatic carbocycles. The molecule has 0 radical (unpaired) electrons. The van der Waals surface area contributed by atoms with Crippen LogP contribution in [0.15, 0.2) is 23.2 Å². The molecule has 3 heterocycles. The Labute approximate surface area is 157 Å². The molecule has 0 unspecified atom stereocenters. The first-order valence-electron chi connectivity index (χ1n) is 8.97. The standard InChI is InChI=1S/C19H23N5OS/c1-11(2)23-18(22-10-20)19-24-17-14-7-12(13-8-21-9-13)3-4-15(14)25-6-5-16(17)26-19/h3-4,7,10-11,13,21H,5-6,8-9H2,1-2H3,(H2,20,22,23). The van der Waals surface area contributed by atoms with Crippen LogP contribution in [-0.4, -0.2) is 42.9 Å². The van der Waals surface area contributed by atoms with E-state index in [0.29, 0.717) is 18.4 Å². The number of hydrogen-bond donors (Lipinski definition) is 3. The van der Waals surface area contributed by atoms with E-state index < -0.39 is 0 Å². The van der Waals surface area contributed by atoms with Gasteiger partial charge in [0.15, 0.2) is 10.8 Å². The van der Waals surface area contributed by atoms with Gasteiger partial charge in [-0.25, -0.2) is 9.98 Å². The number of nitrogens with zero attached hydrogens (tertiary/aromatic N) is 2. The van der Waals surface area contributed by atoms with Crippen LogP contribution < -0.4 is 15.4 Å². The van der Waals surface area contributed by atoms with Gasteiger partial charge in [-0.15, -0.1) is 11.3 Å². The highest BCUT2D eigenvalue weighted by atomic mass is 32.1. The van der Waals surface area contributed by atoms with Crippen LogP contribution in [0, 0.1) is 5.41 Å². The lowest BCUT2D eigenvalue weighted by Crippen LogP contribution is -2.39. The third-order valence-electron chi connectivity index (χ3n) is 4.62. The van der Waals surface area contributed by atoms with E-state index in [9.17, 15) is 0 Å². The summed E-state index contributed by atoms with van der Waals surface area (Å²) in [5.41, 5.74) is 3.40. The first kappa shape index (κ1) is 17.2. The average molecular weight is 369 g/mol. The van der Waals surface area contributed by atoms with E-state index in [-0.39, 0.29) is 6.04 Å². The fourth-order valence-electron chi connectivity index (χ4n) is 3.22. The number of ether oxygens (including phenoxy) is 1. The molecule has 0 saturated carbocycles. The minimum Gasteiger partial charge on any atom is -0.493 e. The number of rotatable bonds is 4. The van der Waals surface area contributed by atoms with Gasteiger partial charge in [0.1, 0.15) is 12.1 Å². The van der Waals surface area contributed by atoms with Gasteiger partial charge in [-0.05, 0) is 31.5 Å². The molecule has 2 aliphatic heterocycles. The molecule has 6 nitrogen and oxygen atoms in total. The van der Waals surface area contributed by atoms with E-state index in [1.807, 2.05) is 0 Å². The van der Waals surface area contributed by atoms with Gasteiger partial charge >= 0.3 is 0 Å². The van der Waals surface area contributed by atoms with Crippen LogP contribution >= 0.6 is 11.3 Å². The van der Waals surface area contributed by atoms with E-state index in [4.69, 9.17) is 15.1 Å². The Bertz CT molecular complexity index is 854. The molecule has 2 aromatic rings. The summed E-state index contributed by atoms with van der Waals surface area (Å²) in [5.74, 6) is 2.14. The molecule has 0 aliphatic carbocycles. The maximum atomic E-state index is 7.34. The van der Waals surface area contributed by atoms with Crippen molar-refractivity contribution in [1.29, 1.82) is 5.41 Å². The number of aliphatic imine (C=N–C) groups is 1. The van der Waals surface area contributed by atoms with Crippen LogP contribution in [0.2, 0.25) is 0 Å². The van der Waals surface area contributed by atoms with Crippen molar-refractivity contribution in [3.8, 4) is 17.0 Å². The Morgan fingerprint density at radius 3 is 3.00 bits per heavy atom. The summed E-state index contributed by atoms with van der Waals surface area (Å²) in [6.45, 7) is 6.83. The van der Waals surface area contributed by atoms with E-state index in [1.54, 1.807) is 11.3 Å². The number of benzene rings is 1. The Kier molecular flexibility index (Phi) is 4.74. The van der Waals surface area contributed by atoms with E-state index in [0.717, 1.165) is 47.9 Å². The van der Waals surface area contributed by atoms with Crippen molar-refractivity contribution in [1.82, 2.24) is 15.6 Å². The molecule has 7 heteroatoms. The van der Waals surface area contributed by atoms with Crippen molar-refractivity contribution in [3.63, 3.8) is 0 Å². The molecule has 26 heavy (non-hydrogen) atoms. The monoisotopic (exact) mass is 369 g/mol. The van der Waals surface area contributed by atoms with Crippen LogP contribution in [-0.2, 0) is 6.42 Å². The van der Waals surface area contributed by atoms with E-state index >= 15 is 0 Å². The molecule has 0 spiro atoms. The number of thiazole rings is 1.